The Balaban J connectivity index is 0.00000225. The molecule has 1 amide bonds. The van der Waals surface area contributed by atoms with Crippen molar-refractivity contribution in [3.63, 3.8) is 0 Å². The molecule has 25 heavy (non-hydrogen) atoms. The number of carbonyl (C=O) groups excluding carboxylic acids is 1. The van der Waals surface area contributed by atoms with Crippen LogP contribution in [0.2, 0.25) is 0 Å². The fourth-order valence-electron chi connectivity index (χ4n) is 2.85. The summed E-state index contributed by atoms with van der Waals surface area (Å²) in [6, 6.07) is 11.8. The molecule has 0 aliphatic carbocycles. The number of nitrogens with zero attached hydrogens (tertiary/aromatic N) is 2. The fraction of sp³-hybridized carbons (Fsp3) is 0.333. The normalized spacial score (nSPS) is 13.6. The third kappa shape index (κ3) is 4.97. The molecule has 0 bridgehead atoms. The summed E-state index contributed by atoms with van der Waals surface area (Å²) in [6.07, 6.45) is 3.65. The van der Waals surface area contributed by atoms with Crippen LogP contribution in [-0.4, -0.2) is 32.0 Å². The lowest BCUT2D eigenvalue weighted by molar-refractivity contribution is -0.117. The molecule has 134 valence electrons. The third-order valence-corrected chi connectivity index (χ3v) is 4.05. The first-order valence-corrected chi connectivity index (χ1v) is 8.13. The number of guanidine groups is 1. The van der Waals surface area contributed by atoms with Crippen molar-refractivity contribution in [2.75, 3.05) is 25.0 Å². The highest BCUT2D eigenvalue weighted by Gasteiger charge is 2.21. The molecule has 0 spiro atoms. The molecule has 1 aliphatic rings. The van der Waals surface area contributed by atoms with E-state index in [1.54, 1.807) is 13.3 Å². The van der Waals surface area contributed by atoms with Crippen LogP contribution in [0.25, 0.3) is 0 Å². The van der Waals surface area contributed by atoms with Gasteiger partial charge in [-0.2, -0.15) is 0 Å². The van der Waals surface area contributed by atoms with Crippen LogP contribution in [0, 0.1) is 0 Å². The van der Waals surface area contributed by atoms with Gasteiger partial charge in [0.2, 0.25) is 5.91 Å². The number of fused-ring (bicyclic) bond motifs is 1. The Kier molecular flexibility index (Phi) is 7.30. The minimum atomic E-state index is 0. The highest BCUT2D eigenvalue weighted by Crippen LogP contribution is 2.26. The van der Waals surface area contributed by atoms with Crippen molar-refractivity contribution in [1.82, 2.24) is 10.6 Å². The first-order chi connectivity index (χ1) is 11.8. The SMILES string of the molecule is CN=C(NCC(=O)N1CCCc2ccccc21)NCc1ccco1.I. The highest BCUT2D eigenvalue weighted by molar-refractivity contribution is 14.0. The van der Waals surface area contributed by atoms with E-state index in [1.165, 1.54) is 5.56 Å². The first-order valence-electron chi connectivity index (χ1n) is 8.13. The molecule has 0 atom stereocenters. The lowest BCUT2D eigenvalue weighted by Gasteiger charge is -2.29. The van der Waals surface area contributed by atoms with Gasteiger partial charge in [-0.3, -0.25) is 9.79 Å². The molecule has 3 rings (SSSR count). The molecule has 0 unspecified atom stereocenters. The van der Waals surface area contributed by atoms with Gasteiger partial charge in [0.15, 0.2) is 5.96 Å². The summed E-state index contributed by atoms with van der Waals surface area (Å²) in [5.74, 6) is 1.43. The first kappa shape index (κ1) is 19.3. The van der Waals surface area contributed by atoms with Crippen LogP contribution in [0.15, 0.2) is 52.1 Å². The maximum absolute atomic E-state index is 12.6. The second-order valence-corrected chi connectivity index (χ2v) is 5.64. The monoisotopic (exact) mass is 454 g/mol. The summed E-state index contributed by atoms with van der Waals surface area (Å²) in [5.41, 5.74) is 2.26. The van der Waals surface area contributed by atoms with Crippen molar-refractivity contribution in [2.24, 2.45) is 4.99 Å². The number of furan rings is 1. The molecule has 1 aromatic heterocycles. The van der Waals surface area contributed by atoms with Crippen LogP contribution >= 0.6 is 24.0 Å². The van der Waals surface area contributed by atoms with Gasteiger partial charge in [0.05, 0.1) is 19.4 Å². The average Bonchev–Trinajstić information content (AvgIpc) is 3.14. The maximum atomic E-state index is 12.6. The molecule has 1 aliphatic heterocycles. The molecular formula is C18H23IN4O2. The van der Waals surface area contributed by atoms with Gasteiger partial charge < -0.3 is 20.0 Å². The zero-order chi connectivity index (χ0) is 16.8. The van der Waals surface area contributed by atoms with E-state index in [4.69, 9.17) is 4.42 Å². The summed E-state index contributed by atoms with van der Waals surface area (Å²) in [5, 5.41) is 6.19. The quantitative estimate of drug-likeness (QED) is 0.424. The Morgan fingerprint density at radius 3 is 2.84 bits per heavy atom. The van der Waals surface area contributed by atoms with Gasteiger partial charge in [-0.15, -0.1) is 24.0 Å². The summed E-state index contributed by atoms with van der Waals surface area (Å²) < 4.78 is 5.27. The molecule has 7 heteroatoms. The van der Waals surface area contributed by atoms with Gasteiger partial charge >= 0.3 is 0 Å². The molecule has 6 nitrogen and oxygen atoms in total. The minimum Gasteiger partial charge on any atom is -0.467 e. The topological polar surface area (TPSA) is 69.9 Å². The van der Waals surface area contributed by atoms with Crippen LogP contribution in [0.3, 0.4) is 0 Å². The number of aryl methyl sites for hydroxylation is 1. The van der Waals surface area contributed by atoms with Crippen molar-refractivity contribution in [1.29, 1.82) is 0 Å². The number of hydrogen-bond acceptors (Lipinski definition) is 3. The number of para-hydroxylation sites is 1. The van der Waals surface area contributed by atoms with E-state index in [0.29, 0.717) is 12.5 Å². The molecule has 2 heterocycles. The van der Waals surface area contributed by atoms with Crippen molar-refractivity contribution < 1.29 is 9.21 Å². The Morgan fingerprint density at radius 1 is 1.24 bits per heavy atom. The van der Waals surface area contributed by atoms with Gasteiger partial charge in [0, 0.05) is 19.3 Å². The lowest BCUT2D eigenvalue weighted by atomic mass is 10.0. The van der Waals surface area contributed by atoms with E-state index in [0.717, 1.165) is 30.8 Å². The number of aliphatic imine (C=N–C) groups is 1. The Labute approximate surface area is 164 Å². The Hall–Kier alpha value is -2.03. The maximum Gasteiger partial charge on any atom is 0.246 e. The number of anilines is 1. The number of halogens is 1. The van der Waals surface area contributed by atoms with Gasteiger partial charge in [-0.05, 0) is 36.6 Å². The van der Waals surface area contributed by atoms with E-state index in [2.05, 4.69) is 21.7 Å². The van der Waals surface area contributed by atoms with Gasteiger partial charge in [0.25, 0.3) is 0 Å². The Morgan fingerprint density at radius 2 is 2.08 bits per heavy atom. The summed E-state index contributed by atoms with van der Waals surface area (Å²) in [6.45, 7) is 1.48. The van der Waals surface area contributed by atoms with E-state index in [9.17, 15) is 4.79 Å². The van der Waals surface area contributed by atoms with Gasteiger partial charge in [0.1, 0.15) is 5.76 Å². The van der Waals surface area contributed by atoms with Crippen LogP contribution in [0.5, 0.6) is 0 Å². The van der Waals surface area contributed by atoms with Crippen LogP contribution in [0.1, 0.15) is 17.7 Å². The van der Waals surface area contributed by atoms with Crippen molar-refractivity contribution in [3.8, 4) is 0 Å². The molecule has 1 aromatic carbocycles. The molecule has 0 saturated heterocycles. The van der Waals surface area contributed by atoms with E-state index >= 15 is 0 Å². The van der Waals surface area contributed by atoms with E-state index in [-0.39, 0.29) is 36.4 Å². The smallest absolute Gasteiger partial charge is 0.246 e. The number of nitrogens with one attached hydrogen (secondary N) is 2. The van der Waals surface area contributed by atoms with Crippen LogP contribution in [0.4, 0.5) is 5.69 Å². The summed E-state index contributed by atoms with van der Waals surface area (Å²) in [4.78, 5) is 18.6. The second kappa shape index (κ2) is 9.45. The summed E-state index contributed by atoms with van der Waals surface area (Å²) >= 11 is 0. The number of benzene rings is 1. The molecule has 0 saturated carbocycles. The predicted molar refractivity (Wildman–Crippen MR) is 109 cm³/mol. The third-order valence-electron chi connectivity index (χ3n) is 4.05. The number of amides is 1. The largest absolute Gasteiger partial charge is 0.467 e. The van der Waals surface area contributed by atoms with Crippen molar-refractivity contribution in [3.05, 3.63) is 54.0 Å². The van der Waals surface area contributed by atoms with Gasteiger partial charge in [-0.1, -0.05) is 18.2 Å². The van der Waals surface area contributed by atoms with E-state index < -0.39 is 0 Å². The fourth-order valence-corrected chi connectivity index (χ4v) is 2.85. The lowest BCUT2D eigenvalue weighted by Crippen LogP contribution is -2.45. The summed E-state index contributed by atoms with van der Waals surface area (Å²) in [7, 11) is 1.68. The number of carbonyl (C=O) groups is 1. The number of rotatable bonds is 4. The molecular weight excluding hydrogens is 431 g/mol. The Bertz CT molecular complexity index is 716. The van der Waals surface area contributed by atoms with Gasteiger partial charge in [-0.25, -0.2) is 0 Å². The second-order valence-electron chi connectivity index (χ2n) is 5.64. The molecule has 0 radical (unpaired) electrons. The molecule has 2 N–H and O–H groups in total. The van der Waals surface area contributed by atoms with Crippen molar-refractivity contribution in [2.45, 2.75) is 19.4 Å². The molecule has 0 fully saturated rings. The van der Waals surface area contributed by atoms with Crippen LogP contribution < -0.4 is 15.5 Å². The average molecular weight is 454 g/mol. The van der Waals surface area contributed by atoms with E-state index in [1.807, 2.05) is 35.2 Å². The van der Waals surface area contributed by atoms with Crippen LogP contribution in [-0.2, 0) is 17.8 Å². The van der Waals surface area contributed by atoms with Crippen molar-refractivity contribution >= 4 is 41.5 Å². The highest BCUT2D eigenvalue weighted by atomic mass is 127. The zero-order valence-corrected chi connectivity index (χ0v) is 16.5. The predicted octanol–water partition coefficient (Wildman–Crippen LogP) is 2.54. The zero-order valence-electron chi connectivity index (χ0n) is 14.2. The molecule has 2 aromatic rings. The number of hydrogen-bond donors (Lipinski definition) is 2. The minimum absolute atomic E-state index is 0. The standard InChI is InChI=1S/C18H22N4O2.HI/c1-19-18(20-12-15-8-5-11-24-15)21-13-17(23)22-10-4-7-14-6-2-3-9-16(14)22;/h2-3,5-6,8-9,11H,4,7,10,12-13H2,1H3,(H2,19,20,21);1H.